The van der Waals surface area contributed by atoms with Crippen molar-refractivity contribution in [1.29, 1.82) is 0 Å². The van der Waals surface area contributed by atoms with E-state index in [1.54, 1.807) is 0 Å². The van der Waals surface area contributed by atoms with Crippen molar-refractivity contribution in [3.63, 3.8) is 0 Å². The summed E-state index contributed by atoms with van der Waals surface area (Å²) in [4.78, 5) is 2.36. The second kappa shape index (κ2) is 5.83. The largest absolute Gasteiger partial charge is 0.387 e. The first-order chi connectivity index (χ1) is 8.60. The smallest absolute Gasteiger partial charge is 0.0916 e. The number of hydrogen-bond donors (Lipinski definition) is 2. The van der Waals surface area contributed by atoms with Crippen molar-refractivity contribution >= 4 is 0 Å². The lowest BCUT2D eigenvalue weighted by Crippen LogP contribution is -2.26. The molecule has 3 N–H and O–H groups in total. The van der Waals surface area contributed by atoms with Crippen molar-refractivity contribution in [2.75, 3.05) is 19.6 Å². The van der Waals surface area contributed by atoms with Gasteiger partial charge < -0.3 is 10.8 Å². The highest BCUT2D eigenvalue weighted by molar-refractivity contribution is 5.24. The van der Waals surface area contributed by atoms with Gasteiger partial charge in [-0.3, -0.25) is 4.90 Å². The van der Waals surface area contributed by atoms with E-state index in [-0.39, 0.29) is 0 Å². The zero-order valence-corrected chi connectivity index (χ0v) is 11.3. The van der Waals surface area contributed by atoms with Gasteiger partial charge in [0.2, 0.25) is 0 Å². The Balaban J connectivity index is 1.93. The number of aliphatic hydroxyl groups excluding tert-OH is 1. The van der Waals surface area contributed by atoms with Gasteiger partial charge in [-0.05, 0) is 23.0 Å². The van der Waals surface area contributed by atoms with Gasteiger partial charge in [0.05, 0.1) is 6.10 Å². The lowest BCUT2D eigenvalue weighted by molar-refractivity contribution is 0.123. The van der Waals surface area contributed by atoms with Crippen LogP contribution in [0, 0.1) is 11.8 Å². The number of hydrogen-bond acceptors (Lipinski definition) is 3. The number of nitrogens with zero attached hydrogens (tertiary/aromatic N) is 1. The third-order valence-corrected chi connectivity index (χ3v) is 4.10. The quantitative estimate of drug-likeness (QED) is 0.853. The summed E-state index contributed by atoms with van der Waals surface area (Å²) in [7, 11) is 0. The lowest BCUT2D eigenvalue weighted by atomic mass is 10.0. The maximum atomic E-state index is 10.2. The predicted molar refractivity (Wildman–Crippen MR) is 74.1 cm³/mol. The number of rotatable bonds is 4. The number of nitrogens with two attached hydrogens (primary N) is 1. The molecule has 100 valence electrons. The molecule has 3 atom stereocenters. The third-order valence-electron chi connectivity index (χ3n) is 4.10. The van der Waals surface area contributed by atoms with E-state index in [2.05, 4.69) is 18.7 Å². The van der Waals surface area contributed by atoms with Gasteiger partial charge in [0.15, 0.2) is 0 Å². The van der Waals surface area contributed by atoms with Gasteiger partial charge >= 0.3 is 0 Å². The molecular formula is C15H24N2O. The molecule has 0 radical (unpaired) electrons. The normalized spacial score (nSPS) is 26.4. The van der Waals surface area contributed by atoms with Crippen molar-refractivity contribution in [3.05, 3.63) is 35.4 Å². The van der Waals surface area contributed by atoms with Crippen molar-refractivity contribution in [3.8, 4) is 0 Å². The maximum Gasteiger partial charge on any atom is 0.0916 e. The molecule has 18 heavy (non-hydrogen) atoms. The molecule has 0 spiro atoms. The SMILES string of the molecule is CC1CN(CC(O)c2ccc(CN)cc2)CC1C. The molecule has 1 aliphatic rings. The molecule has 1 heterocycles. The Morgan fingerprint density at radius 2 is 1.78 bits per heavy atom. The second-order valence-corrected chi connectivity index (χ2v) is 5.63. The first kappa shape index (κ1) is 13.5. The molecule has 3 unspecified atom stereocenters. The number of aliphatic hydroxyl groups is 1. The molecular weight excluding hydrogens is 224 g/mol. The predicted octanol–water partition coefficient (Wildman–Crippen LogP) is 1.77. The molecule has 1 fully saturated rings. The van der Waals surface area contributed by atoms with Crippen LogP contribution in [0.4, 0.5) is 0 Å². The summed E-state index contributed by atoms with van der Waals surface area (Å²) < 4.78 is 0. The monoisotopic (exact) mass is 248 g/mol. The summed E-state index contributed by atoms with van der Waals surface area (Å²) in [5, 5.41) is 10.2. The van der Waals surface area contributed by atoms with Crippen molar-refractivity contribution in [1.82, 2.24) is 4.90 Å². The Bertz CT molecular complexity index is 367. The average Bonchev–Trinajstić information content (AvgIpc) is 2.68. The molecule has 3 nitrogen and oxygen atoms in total. The zero-order valence-electron chi connectivity index (χ0n) is 11.3. The highest BCUT2D eigenvalue weighted by Crippen LogP contribution is 2.24. The molecule has 1 saturated heterocycles. The van der Waals surface area contributed by atoms with Crippen LogP contribution in [-0.2, 0) is 6.54 Å². The van der Waals surface area contributed by atoms with E-state index in [4.69, 9.17) is 5.73 Å². The van der Waals surface area contributed by atoms with Crippen LogP contribution in [-0.4, -0.2) is 29.6 Å². The topological polar surface area (TPSA) is 49.5 Å². The lowest BCUT2D eigenvalue weighted by Gasteiger charge is -2.20. The van der Waals surface area contributed by atoms with Crippen LogP contribution in [0.3, 0.4) is 0 Å². The highest BCUT2D eigenvalue weighted by Gasteiger charge is 2.27. The van der Waals surface area contributed by atoms with Crippen LogP contribution in [0.1, 0.15) is 31.1 Å². The Morgan fingerprint density at radius 3 is 2.28 bits per heavy atom. The molecule has 2 rings (SSSR count). The first-order valence-corrected chi connectivity index (χ1v) is 6.79. The van der Waals surface area contributed by atoms with Gasteiger partial charge in [-0.25, -0.2) is 0 Å². The fraction of sp³-hybridized carbons (Fsp3) is 0.600. The summed E-state index contributed by atoms with van der Waals surface area (Å²) in [5.74, 6) is 1.47. The fourth-order valence-electron chi connectivity index (χ4n) is 2.62. The minimum Gasteiger partial charge on any atom is -0.387 e. The van der Waals surface area contributed by atoms with Crippen LogP contribution in [0.5, 0.6) is 0 Å². The Morgan fingerprint density at radius 1 is 1.22 bits per heavy atom. The molecule has 0 bridgehead atoms. The van der Waals surface area contributed by atoms with E-state index in [0.717, 1.165) is 42.6 Å². The molecule has 0 aromatic heterocycles. The minimum atomic E-state index is -0.394. The Labute approximate surface area is 110 Å². The maximum absolute atomic E-state index is 10.2. The molecule has 3 heteroatoms. The zero-order chi connectivity index (χ0) is 13.1. The van der Waals surface area contributed by atoms with E-state index >= 15 is 0 Å². The fourth-order valence-corrected chi connectivity index (χ4v) is 2.62. The van der Waals surface area contributed by atoms with Gasteiger partial charge in [-0.1, -0.05) is 38.1 Å². The highest BCUT2D eigenvalue weighted by atomic mass is 16.3. The second-order valence-electron chi connectivity index (χ2n) is 5.63. The summed E-state index contributed by atoms with van der Waals surface area (Å²) in [6.45, 7) is 8.05. The van der Waals surface area contributed by atoms with Gasteiger partial charge in [0, 0.05) is 26.2 Å². The number of benzene rings is 1. The molecule has 0 aliphatic carbocycles. The van der Waals surface area contributed by atoms with Crippen LogP contribution in [0.2, 0.25) is 0 Å². The van der Waals surface area contributed by atoms with E-state index < -0.39 is 6.10 Å². The third kappa shape index (κ3) is 3.10. The van der Waals surface area contributed by atoms with Crippen LogP contribution >= 0.6 is 0 Å². The van der Waals surface area contributed by atoms with E-state index in [1.807, 2.05) is 24.3 Å². The van der Waals surface area contributed by atoms with Gasteiger partial charge in [0.1, 0.15) is 0 Å². The van der Waals surface area contributed by atoms with E-state index in [1.165, 1.54) is 0 Å². The number of β-amino-alcohol motifs (C(OH)–C–C–N with tert-alkyl or cyclic N) is 1. The van der Waals surface area contributed by atoms with Gasteiger partial charge in [0.25, 0.3) is 0 Å². The average molecular weight is 248 g/mol. The Kier molecular flexibility index (Phi) is 4.38. The summed E-state index contributed by atoms with van der Waals surface area (Å²) >= 11 is 0. The molecule has 1 aromatic carbocycles. The molecule has 1 aliphatic heterocycles. The summed E-state index contributed by atoms with van der Waals surface area (Å²) in [5.41, 5.74) is 7.66. The number of likely N-dealkylation sites (tertiary alicyclic amines) is 1. The van der Waals surface area contributed by atoms with Crippen molar-refractivity contribution in [2.24, 2.45) is 17.6 Å². The van der Waals surface area contributed by atoms with Crippen molar-refractivity contribution in [2.45, 2.75) is 26.5 Å². The van der Waals surface area contributed by atoms with Gasteiger partial charge in [-0.15, -0.1) is 0 Å². The Hall–Kier alpha value is -0.900. The van der Waals surface area contributed by atoms with E-state index in [0.29, 0.717) is 6.54 Å². The summed E-state index contributed by atoms with van der Waals surface area (Å²) in [6.07, 6.45) is -0.394. The van der Waals surface area contributed by atoms with Crippen LogP contribution < -0.4 is 5.73 Å². The van der Waals surface area contributed by atoms with Crippen LogP contribution in [0.25, 0.3) is 0 Å². The molecule has 0 amide bonds. The van der Waals surface area contributed by atoms with E-state index in [9.17, 15) is 5.11 Å². The standard InChI is InChI=1S/C15H24N2O/c1-11-8-17(9-12(11)2)10-15(18)14-5-3-13(7-16)4-6-14/h3-6,11-12,15,18H,7-10,16H2,1-2H3. The molecule has 1 aromatic rings. The minimum absolute atomic E-state index is 0.394. The van der Waals surface area contributed by atoms with Crippen molar-refractivity contribution < 1.29 is 5.11 Å². The van der Waals surface area contributed by atoms with Crippen LogP contribution in [0.15, 0.2) is 24.3 Å². The summed E-state index contributed by atoms with van der Waals surface area (Å²) in [6, 6.07) is 7.95. The first-order valence-electron chi connectivity index (χ1n) is 6.79. The van der Waals surface area contributed by atoms with Gasteiger partial charge in [-0.2, -0.15) is 0 Å². The molecule has 0 saturated carbocycles.